The molecule has 0 unspecified atom stereocenters. The molecule has 0 saturated carbocycles. The van der Waals surface area contributed by atoms with Gasteiger partial charge >= 0.3 is 0 Å². The number of carbonyl (C=O) groups excluding carboxylic acids is 1. The van der Waals surface area contributed by atoms with Crippen molar-refractivity contribution in [2.24, 2.45) is 0 Å². The lowest BCUT2D eigenvalue weighted by molar-refractivity contribution is 0.101. The average molecular weight is 352 g/mol. The average Bonchev–Trinajstić information content (AvgIpc) is 3.13. The molecular weight excluding hydrogens is 332 g/mol. The molecule has 134 valence electrons. The van der Waals surface area contributed by atoms with Gasteiger partial charge in [0.1, 0.15) is 11.5 Å². The van der Waals surface area contributed by atoms with Gasteiger partial charge in [0.25, 0.3) is 5.91 Å². The van der Waals surface area contributed by atoms with Crippen LogP contribution in [0, 0.1) is 0 Å². The summed E-state index contributed by atoms with van der Waals surface area (Å²) >= 11 is 0. The van der Waals surface area contributed by atoms with Gasteiger partial charge in [0, 0.05) is 17.3 Å². The molecule has 6 heteroatoms. The quantitative estimate of drug-likeness (QED) is 0.712. The Labute approximate surface area is 151 Å². The Morgan fingerprint density at radius 3 is 2.54 bits per heavy atom. The van der Waals surface area contributed by atoms with Crippen LogP contribution in [0.25, 0.3) is 11.3 Å². The van der Waals surface area contributed by atoms with Gasteiger partial charge in [-0.2, -0.15) is 0 Å². The summed E-state index contributed by atoms with van der Waals surface area (Å²) in [6.45, 7) is 3.92. The molecule has 0 atom stereocenters. The monoisotopic (exact) mass is 352 g/mol. The molecule has 1 amide bonds. The third-order valence-corrected chi connectivity index (χ3v) is 3.58. The molecule has 2 aromatic carbocycles. The standard InChI is InChI=1S/C20H20N2O4/c1-13(2)25-16-9-7-15(8-10-16)21-20(23)18-12-19(26-22-18)14-5-4-6-17(11-14)24-3/h4-13H,1-3H3,(H,21,23). The lowest BCUT2D eigenvalue weighted by Gasteiger charge is -2.10. The van der Waals surface area contributed by atoms with Crippen molar-refractivity contribution in [1.82, 2.24) is 5.16 Å². The highest BCUT2D eigenvalue weighted by Crippen LogP contribution is 2.25. The van der Waals surface area contributed by atoms with Crippen molar-refractivity contribution < 1.29 is 18.8 Å². The first-order valence-electron chi connectivity index (χ1n) is 8.24. The van der Waals surface area contributed by atoms with Crippen LogP contribution in [0.1, 0.15) is 24.3 Å². The van der Waals surface area contributed by atoms with Gasteiger partial charge in [0.2, 0.25) is 0 Å². The number of methoxy groups -OCH3 is 1. The maximum Gasteiger partial charge on any atom is 0.277 e. The van der Waals surface area contributed by atoms with Crippen LogP contribution in [0.5, 0.6) is 11.5 Å². The zero-order chi connectivity index (χ0) is 18.5. The number of nitrogens with zero attached hydrogens (tertiary/aromatic N) is 1. The minimum atomic E-state index is -0.347. The van der Waals surface area contributed by atoms with Crippen molar-refractivity contribution in [3.63, 3.8) is 0 Å². The number of hydrogen-bond acceptors (Lipinski definition) is 5. The van der Waals surface area contributed by atoms with Gasteiger partial charge in [0.05, 0.1) is 13.2 Å². The molecule has 0 aliphatic heterocycles. The number of aromatic nitrogens is 1. The van der Waals surface area contributed by atoms with Crippen LogP contribution in [-0.2, 0) is 0 Å². The minimum absolute atomic E-state index is 0.0978. The summed E-state index contributed by atoms with van der Waals surface area (Å²) in [7, 11) is 1.59. The van der Waals surface area contributed by atoms with Crippen molar-refractivity contribution in [1.29, 1.82) is 0 Å². The summed E-state index contributed by atoms with van der Waals surface area (Å²) in [6, 6.07) is 16.1. The van der Waals surface area contributed by atoms with Gasteiger partial charge in [-0.15, -0.1) is 0 Å². The lowest BCUT2D eigenvalue weighted by atomic mass is 10.1. The smallest absolute Gasteiger partial charge is 0.277 e. The van der Waals surface area contributed by atoms with E-state index in [1.54, 1.807) is 37.4 Å². The minimum Gasteiger partial charge on any atom is -0.497 e. The zero-order valence-corrected chi connectivity index (χ0v) is 14.9. The van der Waals surface area contributed by atoms with Crippen molar-refractivity contribution in [2.75, 3.05) is 12.4 Å². The Morgan fingerprint density at radius 2 is 1.85 bits per heavy atom. The number of hydrogen-bond donors (Lipinski definition) is 1. The number of ether oxygens (including phenoxy) is 2. The summed E-state index contributed by atoms with van der Waals surface area (Å²) in [4.78, 5) is 12.4. The molecule has 3 aromatic rings. The van der Waals surface area contributed by atoms with E-state index in [0.29, 0.717) is 17.2 Å². The van der Waals surface area contributed by atoms with Crippen LogP contribution in [0.15, 0.2) is 59.1 Å². The van der Waals surface area contributed by atoms with E-state index in [-0.39, 0.29) is 17.7 Å². The molecule has 0 aliphatic carbocycles. The Morgan fingerprint density at radius 1 is 1.08 bits per heavy atom. The van der Waals surface area contributed by atoms with E-state index in [0.717, 1.165) is 11.3 Å². The molecule has 1 N–H and O–H groups in total. The number of nitrogens with one attached hydrogen (secondary N) is 1. The normalized spacial score (nSPS) is 10.6. The predicted octanol–water partition coefficient (Wildman–Crippen LogP) is 4.39. The molecule has 26 heavy (non-hydrogen) atoms. The second-order valence-corrected chi connectivity index (χ2v) is 5.95. The maximum absolute atomic E-state index is 12.4. The maximum atomic E-state index is 12.4. The van der Waals surface area contributed by atoms with Crippen molar-refractivity contribution in [2.45, 2.75) is 20.0 Å². The van der Waals surface area contributed by atoms with E-state index >= 15 is 0 Å². The molecule has 0 fully saturated rings. The van der Waals surface area contributed by atoms with Crippen LogP contribution in [-0.4, -0.2) is 24.3 Å². The lowest BCUT2D eigenvalue weighted by Crippen LogP contribution is -2.12. The molecule has 0 bridgehead atoms. The number of benzene rings is 2. The summed E-state index contributed by atoms with van der Waals surface area (Å²) in [6.07, 6.45) is 0.0978. The van der Waals surface area contributed by atoms with Crippen LogP contribution in [0.4, 0.5) is 5.69 Å². The van der Waals surface area contributed by atoms with Gasteiger partial charge in [-0.25, -0.2) is 0 Å². The number of anilines is 1. The molecule has 0 radical (unpaired) electrons. The van der Waals surface area contributed by atoms with Gasteiger partial charge < -0.3 is 19.3 Å². The summed E-state index contributed by atoms with van der Waals surface area (Å²) < 4.78 is 16.1. The first-order chi connectivity index (χ1) is 12.5. The third kappa shape index (κ3) is 4.22. The second kappa shape index (κ2) is 7.74. The fourth-order valence-electron chi connectivity index (χ4n) is 2.38. The van der Waals surface area contributed by atoms with Crippen LogP contribution < -0.4 is 14.8 Å². The molecule has 0 saturated heterocycles. The molecular formula is C20H20N2O4. The predicted molar refractivity (Wildman–Crippen MR) is 98.7 cm³/mol. The van der Waals surface area contributed by atoms with Crippen molar-refractivity contribution in [3.8, 4) is 22.8 Å². The Kier molecular flexibility index (Phi) is 5.22. The number of carbonyl (C=O) groups is 1. The van der Waals surface area contributed by atoms with Gasteiger partial charge in [-0.3, -0.25) is 4.79 Å². The van der Waals surface area contributed by atoms with E-state index in [2.05, 4.69) is 10.5 Å². The van der Waals surface area contributed by atoms with E-state index < -0.39 is 0 Å². The highest BCUT2D eigenvalue weighted by Gasteiger charge is 2.14. The SMILES string of the molecule is COc1cccc(-c2cc(C(=O)Nc3ccc(OC(C)C)cc3)no2)c1. The number of rotatable bonds is 6. The highest BCUT2D eigenvalue weighted by atomic mass is 16.5. The van der Waals surface area contributed by atoms with E-state index in [9.17, 15) is 4.79 Å². The molecule has 3 rings (SSSR count). The fraction of sp³-hybridized carbons (Fsp3) is 0.200. The third-order valence-electron chi connectivity index (χ3n) is 3.58. The van der Waals surface area contributed by atoms with Gasteiger partial charge in [-0.05, 0) is 50.2 Å². The van der Waals surface area contributed by atoms with Crippen LogP contribution in [0.3, 0.4) is 0 Å². The van der Waals surface area contributed by atoms with Gasteiger partial charge in [0.15, 0.2) is 11.5 Å². The van der Waals surface area contributed by atoms with E-state index in [4.69, 9.17) is 14.0 Å². The first-order valence-corrected chi connectivity index (χ1v) is 8.24. The van der Waals surface area contributed by atoms with Crippen molar-refractivity contribution in [3.05, 3.63) is 60.3 Å². The van der Waals surface area contributed by atoms with Crippen molar-refractivity contribution >= 4 is 11.6 Å². The summed E-state index contributed by atoms with van der Waals surface area (Å²) in [5.41, 5.74) is 1.63. The largest absolute Gasteiger partial charge is 0.497 e. The fourth-order valence-corrected chi connectivity index (χ4v) is 2.38. The summed E-state index contributed by atoms with van der Waals surface area (Å²) in [5, 5.41) is 6.63. The van der Waals surface area contributed by atoms with Crippen LogP contribution in [0.2, 0.25) is 0 Å². The molecule has 0 aliphatic rings. The first kappa shape index (κ1) is 17.5. The molecule has 0 spiro atoms. The van der Waals surface area contributed by atoms with Crippen LogP contribution >= 0.6 is 0 Å². The van der Waals surface area contributed by atoms with Gasteiger partial charge in [-0.1, -0.05) is 17.3 Å². The zero-order valence-electron chi connectivity index (χ0n) is 14.9. The molecule has 1 aromatic heterocycles. The Bertz CT molecular complexity index is 885. The second-order valence-electron chi connectivity index (χ2n) is 5.95. The van der Waals surface area contributed by atoms with E-state index in [1.807, 2.05) is 38.1 Å². The Hall–Kier alpha value is -3.28. The van der Waals surface area contributed by atoms with E-state index in [1.165, 1.54) is 0 Å². The molecule has 6 nitrogen and oxygen atoms in total. The highest BCUT2D eigenvalue weighted by molar-refractivity contribution is 6.03. The Balaban J connectivity index is 1.70. The number of amides is 1. The summed E-state index contributed by atoms with van der Waals surface area (Å²) in [5.74, 6) is 1.60. The topological polar surface area (TPSA) is 73.6 Å². The molecule has 1 heterocycles.